The van der Waals surface area contributed by atoms with Gasteiger partial charge in [0.15, 0.2) is 0 Å². The van der Waals surface area contributed by atoms with E-state index in [2.05, 4.69) is 5.32 Å². The second-order valence-electron chi connectivity index (χ2n) is 6.36. The fraction of sp³-hybridized carbons (Fsp3) is 0.278. The van der Waals surface area contributed by atoms with Gasteiger partial charge >= 0.3 is 0 Å². The SMILES string of the molecule is CC(C)(C)NC(=O)CN1C(=O)C(=CC=Cc2ccccc2)SC1=S. The largest absolute Gasteiger partial charge is 0.350 e. The molecule has 0 atom stereocenters. The molecule has 1 aromatic rings. The molecule has 0 unspecified atom stereocenters. The predicted molar refractivity (Wildman–Crippen MR) is 103 cm³/mol. The summed E-state index contributed by atoms with van der Waals surface area (Å²) in [6.45, 7) is 5.62. The number of carbonyl (C=O) groups is 2. The molecule has 0 aliphatic carbocycles. The maximum Gasteiger partial charge on any atom is 0.266 e. The highest BCUT2D eigenvalue weighted by molar-refractivity contribution is 8.26. The van der Waals surface area contributed by atoms with Crippen molar-refractivity contribution in [3.05, 3.63) is 53.0 Å². The van der Waals surface area contributed by atoms with E-state index in [0.29, 0.717) is 9.23 Å². The first-order chi connectivity index (χ1) is 11.3. The Morgan fingerprint density at radius 2 is 1.96 bits per heavy atom. The van der Waals surface area contributed by atoms with Crippen molar-refractivity contribution in [3.8, 4) is 0 Å². The van der Waals surface area contributed by atoms with Crippen molar-refractivity contribution in [2.45, 2.75) is 26.3 Å². The van der Waals surface area contributed by atoms with Crippen LogP contribution in [0, 0.1) is 0 Å². The minimum absolute atomic E-state index is 0.0539. The van der Waals surface area contributed by atoms with Gasteiger partial charge in [-0.3, -0.25) is 14.5 Å². The summed E-state index contributed by atoms with van der Waals surface area (Å²) in [4.78, 5) is 26.3. The van der Waals surface area contributed by atoms with Crippen molar-refractivity contribution in [2.24, 2.45) is 0 Å². The maximum absolute atomic E-state index is 12.4. The summed E-state index contributed by atoms with van der Waals surface area (Å²) in [5.74, 6) is -0.452. The zero-order valence-corrected chi connectivity index (χ0v) is 15.5. The number of hydrogen-bond donors (Lipinski definition) is 1. The zero-order chi connectivity index (χ0) is 17.7. The number of amides is 2. The molecule has 1 saturated heterocycles. The summed E-state index contributed by atoms with van der Waals surface area (Å²) >= 11 is 6.44. The number of carbonyl (C=O) groups excluding carboxylic acids is 2. The lowest BCUT2D eigenvalue weighted by Gasteiger charge is -2.22. The number of nitrogens with zero attached hydrogens (tertiary/aromatic N) is 1. The quantitative estimate of drug-likeness (QED) is 0.661. The van der Waals surface area contributed by atoms with E-state index >= 15 is 0 Å². The Balaban J connectivity index is 2.02. The van der Waals surface area contributed by atoms with Crippen molar-refractivity contribution in [1.29, 1.82) is 0 Å². The van der Waals surface area contributed by atoms with Crippen LogP contribution in [0.15, 0.2) is 47.4 Å². The average Bonchev–Trinajstić information content (AvgIpc) is 2.74. The lowest BCUT2D eigenvalue weighted by Crippen LogP contribution is -2.46. The van der Waals surface area contributed by atoms with Gasteiger partial charge in [-0.15, -0.1) is 0 Å². The van der Waals surface area contributed by atoms with E-state index in [-0.39, 0.29) is 23.9 Å². The zero-order valence-electron chi connectivity index (χ0n) is 13.9. The summed E-state index contributed by atoms with van der Waals surface area (Å²) < 4.78 is 0.406. The smallest absolute Gasteiger partial charge is 0.266 e. The highest BCUT2D eigenvalue weighted by Crippen LogP contribution is 2.30. The number of nitrogens with one attached hydrogen (secondary N) is 1. The Morgan fingerprint density at radius 1 is 1.29 bits per heavy atom. The molecule has 1 aliphatic heterocycles. The van der Waals surface area contributed by atoms with E-state index in [1.165, 1.54) is 16.7 Å². The van der Waals surface area contributed by atoms with Gasteiger partial charge in [-0.2, -0.15) is 0 Å². The van der Waals surface area contributed by atoms with Crippen molar-refractivity contribution < 1.29 is 9.59 Å². The fourth-order valence-corrected chi connectivity index (χ4v) is 3.27. The minimum Gasteiger partial charge on any atom is -0.350 e. The first-order valence-corrected chi connectivity index (χ1v) is 8.77. The van der Waals surface area contributed by atoms with Crippen LogP contribution in [-0.4, -0.2) is 33.1 Å². The van der Waals surface area contributed by atoms with E-state index in [4.69, 9.17) is 12.2 Å². The molecule has 1 aliphatic rings. The monoisotopic (exact) mass is 360 g/mol. The van der Waals surface area contributed by atoms with Crippen LogP contribution < -0.4 is 5.32 Å². The molecule has 0 radical (unpaired) electrons. The van der Waals surface area contributed by atoms with Gasteiger partial charge in [-0.05, 0) is 32.4 Å². The van der Waals surface area contributed by atoms with Gasteiger partial charge in [-0.1, -0.05) is 66.5 Å². The third-order valence-corrected chi connectivity index (χ3v) is 4.42. The van der Waals surface area contributed by atoms with Crippen LogP contribution >= 0.6 is 24.0 Å². The number of thiocarbonyl (C=S) groups is 1. The maximum atomic E-state index is 12.4. The number of rotatable bonds is 4. The van der Waals surface area contributed by atoms with E-state index in [1.54, 1.807) is 6.08 Å². The second kappa shape index (κ2) is 7.77. The Morgan fingerprint density at radius 3 is 2.58 bits per heavy atom. The number of thioether (sulfide) groups is 1. The van der Waals surface area contributed by atoms with Crippen LogP contribution in [0.1, 0.15) is 26.3 Å². The summed E-state index contributed by atoms with van der Waals surface area (Å²) in [5, 5.41) is 2.83. The highest BCUT2D eigenvalue weighted by Gasteiger charge is 2.33. The number of benzene rings is 1. The molecule has 0 spiro atoms. The van der Waals surface area contributed by atoms with Gasteiger partial charge in [0.25, 0.3) is 5.91 Å². The minimum atomic E-state index is -0.342. The molecular weight excluding hydrogens is 340 g/mol. The third-order valence-electron chi connectivity index (χ3n) is 3.03. The standard InChI is InChI=1S/C18H20N2O2S2/c1-18(2,3)19-15(21)12-20-16(22)14(24-17(20)23)11-7-10-13-8-5-4-6-9-13/h4-11H,12H2,1-3H3,(H,19,21). The van der Waals surface area contributed by atoms with Crippen molar-refractivity contribution in [2.75, 3.05) is 6.54 Å². The van der Waals surface area contributed by atoms with Gasteiger partial charge in [0, 0.05) is 5.54 Å². The lowest BCUT2D eigenvalue weighted by atomic mass is 10.1. The van der Waals surface area contributed by atoms with E-state index in [1.807, 2.05) is 63.3 Å². The Hall–Kier alpha value is -1.92. The first kappa shape index (κ1) is 18.4. The molecule has 0 bridgehead atoms. The number of hydrogen-bond acceptors (Lipinski definition) is 4. The highest BCUT2D eigenvalue weighted by atomic mass is 32.2. The number of allylic oxidation sites excluding steroid dienone is 2. The van der Waals surface area contributed by atoms with E-state index in [0.717, 1.165) is 5.56 Å². The van der Waals surface area contributed by atoms with Crippen LogP contribution in [0.2, 0.25) is 0 Å². The Labute approximate surface area is 152 Å². The van der Waals surface area contributed by atoms with Gasteiger partial charge in [0.05, 0.1) is 4.91 Å². The molecule has 4 nitrogen and oxygen atoms in total. The molecule has 0 saturated carbocycles. The summed E-state index contributed by atoms with van der Waals surface area (Å²) in [6.07, 6.45) is 5.46. The van der Waals surface area contributed by atoms with Crippen LogP contribution in [0.5, 0.6) is 0 Å². The van der Waals surface area contributed by atoms with Gasteiger partial charge < -0.3 is 5.32 Å². The van der Waals surface area contributed by atoms with Crippen molar-refractivity contribution in [3.63, 3.8) is 0 Å². The van der Waals surface area contributed by atoms with Crippen LogP contribution in [0.4, 0.5) is 0 Å². The third kappa shape index (κ3) is 5.32. The topological polar surface area (TPSA) is 49.4 Å². The summed E-state index contributed by atoms with van der Waals surface area (Å²) in [7, 11) is 0. The van der Waals surface area contributed by atoms with E-state index < -0.39 is 0 Å². The molecule has 2 amide bonds. The second-order valence-corrected chi connectivity index (χ2v) is 8.03. The average molecular weight is 361 g/mol. The molecule has 1 heterocycles. The van der Waals surface area contributed by atoms with E-state index in [9.17, 15) is 9.59 Å². The summed E-state index contributed by atoms with van der Waals surface area (Å²) in [6, 6.07) is 9.81. The molecule has 1 aromatic carbocycles. The van der Waals surface area contributed by atoms with Crippen LogP contribution in [0.25, 0.3) is 6.08 Å². The molecule has 2 rings (SSSR count). The molecule has 126 valence electrons. The molecule has 1 N–H and O–H groups in total. The van der Waals surface area contributed by atoms with Gasteiger partial charge in [0.1, 0.15) is 10.9 Å². The Bertz CT molecular complexity index is 703. The van der Waals surface area contributed by atoms with Crippen molar-refractivity contribution in [1.82, 2.24) is 10.2 Å². The lowest BCUT2D eigenvalue weighted by molar-refractivity contribution is -0.129. The molecule has 0 aromatic heterocycles. The van der Waals surface area contributed by atoms with Crippen molar-refractivity contribution >= 4 is 46.2 Å². The molecule has 24 heavy (non-hydrogen) atoms. The fourth-order valence-electron chi connectivity index (χ4n) is 2.06. The van der Waals surface area contributed by atoms with Gasteiger partial charge in [0.2, 0.25) is 5.91 Å². The molecule has 1 fully saturated rings. The molecule has 6 heteroatoms. The van der Waals surface area contributed by atoms with Crippen LogP contribution in [-0.2, 0) is 9.59 Å². The normalized spacial score (nSPS) is 17.1. The predicted octanol–water partition coefficient (Wildman–Crippen LogP) is 3.36. The molecular formula is C18H20N2O2S2. The van der Waals surface area contributed by atoms with Crippen LogP contribution in [0.3, 0.4) is 0 Å². The van der Waals surface area contributed by atoms with Gasteiger partial charge in [-0.25, -0.2) is 0 Å². The Kier molecular flexibility index (Phi) is 5.96. The summed E-state index contributed by atoms with van der Waals surface area (Å²) in [5.41, 5.74) is 0.708. The first-order valence-electron chi connectivity index (χ1n) is 7.54.